The molecule has 0 aliphatic rings. The van der Waals surface area contributed by atoms with E-state index >= 15 is 0 Å². The molecular weight excluding hydrogens is 264 g/mol. The average Bonchev–Trinajstić information content (AvgIpc) is 2.77. The second-order valence-corrected chi connectivity index (χ2v) is 4.60. The lowest BCUT2D eigenvalue weighted by Gasteiger charge is -2.01. The largest absolute Gasteiger partial charge is 0.464 e. The second-order valence-electron chi connectivity index (χ2n) is 3.68. The van der Waals surface area contributed by atoms with E-state index < -0.39 is 0 Å². The lowest BCUT2D eigenvalue weighted by molar-refractivity contribution is 0.616. The molecule has 3 aromatic rings. The molecule has 3 rings (SSSR count). The van der Waals surface area contributed by atoms with Gasteiger partial charge >= 0.3 is 0 Å². The van der Waals surface area contributed by atoms with Crippen LogP contribution in [-0.2, 0) is 0 Å². The maximum atomic E-state index is 5.32. The summed E-state index contributed by atoms with van der Waals surface area (Å²) in [4.78, 5) is 0. The van der Waals surface area contributed by atoms with Crippen molar-refractivity contribution in [3.05, 3.63) is 59.3 Å². The Bertz CT molecular complexity index is 623. The average molecular weight is 273 g/mol. The molecule has 16 heavy (non-hydrogen) atoms. The van der Waals surface area contributed by atoms with Crippen molar-refractivity contribution >= 4 is 26.9 Å². The third kappa shape index (κ3) is 1.65. The molecule has 2 heteroatoms. The molecule has 2 aromatic carbocycles. The van der Waals surface area contributed by atoms with Crippen LogP contribution in [0.5, 0.6) is 0 Å². The minimum absolute atomic E-state index is 0.931. The van der Waals surface area contributed by atoms with Crippen molar-refractivity contribution in [3.8, 4) is 11.1 Å². The summed E-state index contributed by atoms with van der Waals surface area (Å²) in [5.74, 6) is 0. The molecule has 1 aromatic heterocycles. The molecule has 0 unspecified atom stereocenters. The zero-order valence-corrected chi connectivity index (χ0v) is 10.1. The van der Waals surface area contributed by atoms with Gasteiger partial charge in [0.25, 0.3) is 0 Å². The molecular formula is C14H9BrO. The summed E-state index contributed by atoms with van der Waals surface area (Å²) in [5.41, 5.74) is 3.36. The van der Waals surface area contributed by atoms with Crippen molar-refractivity contribution in [1.29, 1.82) is 0 Å². The normalized spacial score (nSPS) is 10.8. The molecule has 0 N–H and O–H groups in total. The number of rotatable bonds is 1. The number of hydrogen-bond donors (Lipinski definition) is 0. The fraction of sp³-hybridized carbons (Fsp3) is 0. The molecule has 0 amide bonds. The van der Waals surface area contributed by atoms with E-state index in [4.69, 9.17) is 4.42 Å². The molecule has 0 saturated carbocycles. The second kappa shape index (κ2) is 3.80. The predicted octanol–water partition coefficient (Wildman–Crippen LogP) is 4.86. The highest BCUT2D eigenvalue weighted by Gasteiger charge is 2.01. The third-order valence-electron chi connectivity index (χ3n) is 2.63. The third-order valence-corrected chi connectivity index (χ3v) is 3.16. The van der Waals surface area contributed by atoms with Crippen LogP contribution in [0, 0.1) is 0 Å². The van der Waals surface area contributed by atoms with Gasteiger partial charge in [-0.15, -0.1) is 0 Å². The Morgan fingerprint density at radius 1 is 0.812 bits per heavy atom. The van der Waals surface area contributed by atoms with Gasteiger partial charge in [0.1, 0.15) is 5.58 Å². The number of benzene rings is 2. The standard InChI is InChI=1S/C14H9BrO/c15-13-4-1-10(2-5-13)11-3-6-14-12(9-11)7-8-16-14/h1-9H. The van der Waals surface area contributed by atoms with E-state index in [-0.39, 0.29) is 0 Å². The van der Waals surface area contributed by atoms with Gasteiger partial charge in [-0.1, -0.05) is 34.1 Å². The lowest BCUT2D eigenvalue weighted by Crippen LogP contribution is -1.76. The van der Waals surface area contributed by atoms with E-state index in [2.05, 4.69) is 52.3 Å². The van der Waals surface area contributed by atoms with Crippen molar-refractivity contribution in [2.75, 3.05) is 0 Å². The van der Waals surface area contributed by atoms with Crippen LogP contribution in [0.15, 0.2) is 63.7 Å². The van der Waals surface area contributed by atoms with Gasteiger partial charge in [-0.3, -0.25) is 0 Å². The van der Waals surface area contributed by atoms with E-state index in [1.165, 1.54) is 11.1 Å². The first-order valence-corrected chi connectivity index (χ1v) is 5.85. The van der Waals surface area contributed by atoms with Gasteiger partial charge in [0.05, 0.1) is 6.26 Å². The first kappa shape index (κ1) is 9.67. The Labute approximate surface area is 102 Å². The quantitative estimate of drug-likeness (QED) is 0.617. The zero-order valence-electron chi connectivity index (χ0n) is 8.48. The van der Waals surface area contributed by atoms with Crippen molar-refractivity contribution in [1.82, 2.24) is 0 Å². The summed E-state index contributed by atoms with van der Waals surface area (Å²) in [7, 11) is 0. The summed E-state index contributed by atoms with van der Waals surface area (Å²) < 4.78 is 6.42. The van der Waals surface area contributed by atoms with Crippen molar-refractivity contribution < 1.29 is 4.42 Å². The predicted molar refractivity (Wildman–Crippen MR) is 69.4 cm³/mol. The Kier molecular flexibility index (Phi) is 2.29. The minimum atomic E-state index is 0.931. The molecule has 78 valence electrons. The van der Waals surface area contributed by atoms with Crippen LogP contribution in [0.3, 0.4) is 0 Å². The van der Waals surface area contributed by atoms with Crippen LogP contribution in [0.1, 0.15) is 0 Å². The Morgan fingerprint density at radius 3 is 2.38 bits per heavy atom. The molecule has 1 heterocycles. The number of fused-ring (bicyclic) bond motifs is 1. The van der Waals surface area contributed by atoms with Crippen LogP contribution in [-0.4, -0.2) is 0 Å². The van der Waals surface area contributed by atoms with E-state index in [1.807, 2.05) is 12.1 Å². The van der Waals surface area contributed by atoms with Crippen LogP contribution >= 0.6 is 15.9 Å². The van der Waals surface area contributed by atoms with E-state index in [1.54, 1.807) is 6.26 Å². The summed E-state index contributed by atoms with van der Waals surface area (Å²) >= 11 is 3.44. The van der Waals surface area contributed by atoms with Gasteiger partial charge in [-0.25, -0.2) is 0 Å². The van der Waals surface area contributed by atoms with Crippen LogP contribution in [0.4, 0.5) is 0 Å². The van der Waals surface area contributed by atoms with Crippen LogP contribution in [0.25, 0.3) is 22.1 Å². The highest BCUT2D eigenvalue weighted by molar-refractivity contribution is 9.10. The van der Waals surface area contributed by atoms with Gasteiger partial charge in [-0.05, 0) is 41.5 Å². The van der Waals surface area contributed by atoms with Crippen molar-refractivity contribution in [3.63, 3.8) is 0 Å². The van der Waals surface area contributed by atoms with Crippen molar-refractivity contribution in [2.45, 2.75) is 0 Å². The first-order chi connectivity index (χ1) is 7.83. The number of hydrogen-bond acceptors (Lipinski definition) is 1. The maximum Gasteiger partial charge on any atom is 0.133 e. The summed E-state index contributed by atoms with van der Waals surface area (Å²) in [6.45, 7) is 0. The van der Waals surface area contributed by atoms with Gasteiger partial charge in [0, 0.05) is 9.86 Å². The summed E-state index contributed by atoms with van der Waals surface area (Å²) in [6.07, 6.45) is 1.72. The zero-order chi connectivity index (χ0) is 11.0. The lowest BCUT2D eigenvalue weighted by atomic mass is 10.0. The highest BCUT2D eigenvalue weighted by atomic mass is 79.9. The number of halogens is 1. The Morgan fingerprint density at radius 2 is 1.56 bits per heavy atom. The van der Waals surface area contributed by atoms with Gasteiger partial charge in [-0.2, -0.15) is 0 Å². The molecule has 0 saturated heterocycles. The fourth-order valence-corrected chi connectivity index (χ4v) is 2.05. The Balaban J connectivity index is 2.14. The van der Waals surface area contributed by atoms with E-state index in [9.17, 15) is 0 Å². The maximum absolute atomic E-state index is 5.32. The Hall–Kier alpha value is -1.54. The van der Waals surface area contributed by atoms with E-state index in [0.717, 1.165) is 15.4 Å². The molecule has 0 fully saturated rings. The van der Waals surface area contributed by atoms with Gasteiger partial charge in [0.15, 0.2) is 0 Å². The molecule has 0 radical (unpaired) electrons. The minimum Gasteiger partial charge on any atom is -0.464 e. The van der Waals surface area contributed by atoms with Crippen molar-refractivity contribution in [2.24, 2.45) is 0 Å². The molecule has 0 spiro atoms. The monoisotopic (exact) mass is 272 g/mol. The molecule has 0 atom stereocenters. The molecule has 1 nitrogen and oxygen atoms in total. The fourth-order valence-electron chi connectivity index (χ4n) is 1.79. The van der Waals surface area contributed by atoms with Crippen LogP contribution < -0.4 is 0 Å². The van der Waals surface area contributed by atoms with Crippen LogP contribution in [0.2, 0.25) is 0 Å². The SMILES string of the molecule is Brc1ccc(-c2ccc3occc3c2)cc1. The molecule has 0 bridgehead atoms. The number of furan rings is 1. The van der Waals surface area contributed by atoms with Gasteiger partial charge < -0.3 is 4.42 Å². The molecule has 0 aliphatic heterocycles. The summed E-state index contributed by atoms with van der Waals surface area (Å²) in [5, 5.41) is 1.14. The smallest absolute Gasteiger partial charge is 0.133 e. The highest BCUT2D eigenvalue weighted by Crippen LogP contribution is 2.26. The topological polar surface area (TPSA) is 13.1 Å². The first-order valence-electron chi connectivity index (χ1n) is 5.06. The van der Waals surface area contributed by atoms with Gasteiger partial charge in [0.2, 0.25) is 0 Å². The van der Waals surface area contributed by atoms with E-state index in [0.29, 0.717) is 0 Å². The summed E-state index contributed by atoms with van der Waals surface area (Å²) in [6, 6.07) is 16.5. The molecule has 0 aliphatic carbocycles.